The molecule has 0 bridgehead atoms. The zero-order valence-corrected chi connectivity index (χ0v) is 15.0. The van der Waals surface area contributed by atoms with Gasteiger partial charge in [-0.3, -0.25) is 4.79 Å². The molecule has 2 aromatic carbocycles. The first-order valence-electron chi connectivity index (χ1n) is 7.97. The second kappa shape index (κ2) is 8.60. The molecule has 2 aromatic rings. The van der Waals surface area contributed by atoms with E-state index in [4.69, 9.17) is 16.3 Å². The zero-order valence-electron chi connectivity index (χ0n) is 14.2. The van der Waals surface area contributed by atoms with Crippen LogP contribution in [0.15, 0.2) is 42.5 Å². The molecule has 4 nitrogen and oxygen atoms in total. The Hall–Kier alpha value is -2.20. The Morgan fingerprint density at radius 2 is 1.88 bits per heavy atom. The van der Waals surface area contributed by atoms with Gasteiger partial charge in [-0.05, 0) is 54.8 Å². The number of aryl methyl sites for hydroxylation is 1. The molecule has 5 heteroatoms. The van der Waals surface area contributed by atoms with Crippen molar-refractivity contribution in [3.63, 3.8) is 0 Å². The van der Waals surface area contributed by atoms with Gasteiger partial charge in [-0.2, -0.15) is 0 Å². The van der Waals surface area contributed by atoms with Crippen LogP contribution in [-0.4, -0.2) is 19.1 Å². The Morgan fingerprint density at radius 1 is 1.17 bits per heavy atom. The van der Waals surface area contributed by atoms with Gasteiger partial charge >= 0.3 is 0 Å². The van der Waals surface area contributed by atoms with Gasteiger partial charge in [-0.15, -0.1) is 0 Å². The molecule has 0 aliphatic rings. The minimum absolute atomic E-state index is 0.120. The number of rotatable bonds is 7. The second-order valence-electron chi connectivity index (χ2n) is 6.09. The minimum atomic E-state index is -0.120. The summed E-state index contributed by atoms with van der Waals surface area (Å²) in [6, 6.07) is 12.9. The fourth-order valence-corrected chi connectivity index (χ4v) is 2.23. The van der Waals surface area contributed by atoms with Crippen molar-refractivity contribution in [3.8, 4) is 5.75 Å². The van der Waals surface area contributed by atoms with E-state index < -0.39 is 0 Å². The van der Waals surface area contributed by atoms with Crippen LogP contribution in [-0.2, 0) is 4.79 Å². The SMILES string of the molecule is Cc1ccc(Cl)cc1NCC(=O)Nc1ccc(OCC(C)C)cc1. The molecule has 0 aromatic heterocycles. The summed E-state index contributed by atoms with van der Waals surface area (Å²) in [5.74, 6) is 1.16. The van der Waals surface area contributed by atoms with E-state index in [0.29, 0.717) is 17.5 Å². The van der Waals surface area contributed by atoms with E-state index in [1.807, 2.05) is 49.4 Å². The number of anilines is 2. The van der Waals surface area contributed by atoms with Gasteiger partial charge in [0.15, 0.2) is 0 Å². The highest BCUT2D eigenvalue weighted by atomic mass is 35.5. The van der Waals surface area contributed by atoms with Crippen LogP contribution in [0.4, 0.5) is 11.4 Å². The monoisotopic (exact) mass is 346 g/mol. The van der Waals surface area contributed by atoms with Crippen molar-refractivity contribution in [1.82, 2.24) is 0 Å². The third-order valence-corrected chi connectivity index (χ3v) is 3.60. The van der Waals surface area contributed by atoms with Crippen LogP contribution < -0.4 is 15.4 Å². The van der Waals surface area contributed by atoms with E-state index in [9.17, 15) is 4.79 Å². The molecule has 128 valence electrons. The van der Waals surface area contributed by atoms with Gasteiger partial charge in [0.1, 0.15) is 5.75 Å². The minimum Gasteiger partial charge on any atom is -0.493 e. The summed E-state index contributed by atoms with van der Waals surface area (Å²) in [5.41, 5.74) is 2.63. The second-order valence-corrected chi connectivity index (χ2v) is 6.53. The lowest BCUT2D eigenvalue weighted by atomic mass is 10.2. The molecule has 0 radical (unpaired) electrons. The van der Waals surface area contributed by atoms with Crippen LogP contribution in [0.3, 0.4) is 0 Å². The molecule has 0 atom stereocenters. The number of amides is 1. The molecule has 0 fully saturated rings. The summed E-state index contributed by atoms with van der Waals surface area (Å²) in [7, 11) is 0. The summed E-state index contributed by atoms with van der Waals surface area (Å²) >= 11 is 5.97. The summed E-state index contributed by atoms with van der Waals surface area (Å²) in [4.78, 5) is 12.0. The van der Waals surface area contributed by atoms with Crippen molar-refractivity contribution in [1.29, 1.82) is 0 Å². The molecule has 1 amide bonds. The third kappa shape index (κ3) is 5.78. The maximum atomic E-state index is 12.0. The highest BCUT2D eigenvalue weighted by Gasteiger charge is 2.05. The summed E-state index contributed by atoms with van der Waals surface area (Å²) in [6.07, 6.45) is 0. The largest absolute Gasteiger partial charge is 0.493 e. The van der Waals surface area contributed by atoms with Crippen molar-refractivity contribution in [2.24, 2.45) is 5.92 Å². The Morgan fingerprint density at radius 3 is 2.54 bits per heavy atom. The summed E-state index contributed by atoms with van der Waals surface area (Å²) in [5, 5.41) is 6.58. The normalized spacial score (nSPS) is 10.5. The molecule has 2 N–H and O–H groups in total. The predicted octanol–water partition coefficient (Wildman–Crippen LogP) is 4.73. The van der Waals surface area contributed by atoms with Gasteiger partial charge in [0, 0.05) is 16.4 Å². The number of halogens is 1. The van der Waals surface area contributed by atoms with E-state index in [1.54, 1.807) is 0 Å². The van der Waals surface area contributed by atoms with Crippen LogP contribution >= 0.6 is 11.6 Å². The number of ether oxygens (including phenoxy) is 1. The third-order valence-electron chi connectivity index (χ3n) is 3.36. The van der Waals surface area contributed by atoms with Crippen LogP contribution in [0.1, 0.15) is 19.4 Å². The summed E-state index contributed by atoms with van der Waals surface area (Å²) in [6.45, 7) is 7.01. The Balaban J connectivity index is 1.84. The Bertz CT molecular complexity index is 684. The van der Waals surface area contributed by atoms with Crippen molar-refractivity contribution in [3.05, 3.63) is 53.1 Å². The van der Waals surface area contributed by atoms with Gasteiger partial charge in [0.25, 0.3) is 0 Å². The molecule has 0 saturated heterocycles. The summed E-state index contributed by atoms with van der Waals surface area (Å²) < 4.78 is 5.62. The number of hydrogen-bond acceptors (Lipinski definition) is 3. The van der Waals surface area contributed by atoms with E-state index in [0.717, 1.165) is 22.7 Å². The van der Waals surface area contributed by atoms with E-state index in [-0.39, 0.29) is 12.5 Å². The number of carbonyl (C=O) groups excluding carboxylic acids is 1. The van der Waals surface area contributed by atoms with Crippen molar-refractivity contribution < 1.29 is 9.53 Å². The van der Waals surface area contributed by atoms with Crippen LogP contribution in [0.5, 0.6) is 5.75 Å². The maximum Gasteiger partial charge on any atom is 0.243 e. The standard InChI is InChI=1S/C19H23ClN2O2/c1-13(2)12-24-17-8-6-16(7-9-17)22-19(23)11-21-18-10-15(20)5-4-14(18)3/h4-10,13,21H,11-12H2,1-3H3,(H,22,23). The van der Waals surface area contributed by atoms with Gasteiger partial charge in [-0.25, -0.2) is 0 Å². The quantitative estimate of drug-likeness (QED) is 0.761. The van der Waals surface area contributed by atoms with E-state index >= 15 is 0 Å². The number of benzene rings is 2. The highest BCUT2D eigenvalue weighted by molar-refractivity contribution is 6.30. The smallest absolute Gasteiger partial charge is 0.243 e. The lowest BCUT2D eigenvalue weighted by molar-refractivity contribution is -0.114. The number of carbonyl (C=O) groups is 1. The molecular formula is C19H23ClN2O2. The first-order chi connectivity index (χ1) is 11.4. The molecule has 0 aliphatic carbocycles. The number of hydrogen-bond donors (Lipinski definition) is 2. The molecule has 24 heavy (non-hydrogen) atoms. The average molecular weight is 347 g/mol. The highest BCUT2D eigenvalue weighted by Crippen LogP contribution is 2.20. The average Bonchev–Trinajstić information content (AvgIpc) is 2.55. The van der Waals surface area contributed by atoms with E-state index in [2.05, 4.69) is 24.5 Å². The number of nitrogens with one attached hydrogen (secondary N) is 2. The molecule has 0 heterocycles. The Labute approximate surface area is 148 Å². The van der Waals surface area contributed by atoms with Crippen LogP contribution in [0.25, 0.3) is 0 Å². The molecule has 0 saturated carbocycles. The molecular weight excluding hydrogens is 324 g/mol. The van der Waals surface area contributed by atoms with Crippen molar-refractivity contribution in [2.75, 3.05) is 23.8 Å². The van der Waals surface area contributed by atoms with Gasteiger partial charge < -0.3 is 15.4 Å². The first-order valence-corrected chi connectivity index (χ1v) is 8.34. The molecule has 2 rings (SSSR count). The van der Waals surface area contributed by atoms with Crippen LogP contribution in [0.2, 0.25) is 5.02 Å². The molecule has 0 spiro atoms. The zero-order chi connectivity index (χ0) is 17.5. The van der Waals surface area contributed by atoms with E-state index in [1.165, 1.54) is 0 Å². The van der Waals surface area contributed by atoms with Gasteiger partial charge in [0.05, 0.1) is 13.2 Å². The Kier molecular flexibility index (Phi) is 6.50. The van der Waals surface area contributed by atoms with Crippen molar-refractivity contribution in [2.45, 2.75) is 20.8 Å². The lowest BCUT2D eigenvalue weighted by Crippen LogP contribution is -2.22. The predicted molar refractivity (Wildman–Crippen MR) is 100 cm³/mol. The fourth-order valence-electron chi connectivity index (χ4n) is 2.06. The van der Waals surface area contributed by atoms with Gasteiger partial charge in [-0.1, -0.05) is 31.5 Å². The maximum absolute atomic E-state index is 12.0. The molecule has 0 aliphatic heterocycles. The van der Waals surface area contributed by atoms with Crippen LogP contribution in [0, 0.1) is 12.8 Å². The van der Waals surface area contributed by atoms with Crippen molar-refractivity contribution >= 4 is 28.9 Å². The molecule has 0 unspecified atom stereocenters. The first kappa shape index (κ1) is 18.1. The van der Waals surface area contributed by atoms with Gasteiger partial charge in [0.2, 0.25) is 5.91 Å². The topological polar surface area (TPSA) is 50.4 Å². The lowest BCUT2D eigenvalue weighted by Gasteiger charge is -2.11. The fraction of sp³-hybridized carbons (Fsp3) is 0.316.